The van der Waals surface area contributed by atoms with Gasteiger partial charge in [-0.15, -0.1) is 0 Å². The van der Waals surface area contributed by atoms with Crippen LogP contribution >= 0.6 is 0 Å². The van der Waals surface area contributed by atoms with E-state index in [1.165, 1.54) is 4.90 Å². The second-order valence-electron chi connectivity index (χ2n) is 13.4. The van der Waals surface area contributed by atoms with Crippen LogP contribution in [0.2, 0.25) is 0 Å². The molecular weight excluding hydrogens is 680 g/mol. The predicted octanol–water partition coefficient (Wildman–Crippen LogP) is 1.72. The lowest BCUT2D eigenvalue weighted by Gasteiger charge is -2.39. The molecule has 2 aliphatic rings. The monoisotopic (exact) mass is 730 g/mol. The number of carbonyl (C=O) groups is 1. The smallest absolute Gasteiger partial charge is 0.416 e. The highest BCUT2D eigenvalue weighted by Gasteiger charge is 2.40. The highest BCUT2D eigenvalue weighted by atomic mass is 16.7. The number of amides is 1. The minimum Gasteiger partial charge on any atom is -0.494 e. The molecule has 3 aromatic rings. The number of aliphatic hydroxyl groups is 6. The molecule has 0 bridgehead atoms. The Morgan fingerprint density at radius 2 is 1.31 bits per heavy atom. The number of nitrogens with zero attached hydrogens (tertiary/aromatic N) is 2. The number of aryl methyl sites for hydroxylation is 1. The number of hydrogen-bond acceptors (Lipinski definition) is 13. The molecule has 1 amide bonds. The number of benzene rings is 3. The fourth-order valence-electron chi connectivity index (χ4n) is 6.40. The predicted molar refractivity (Wildman–Crippen MR) is 188 cm³/mol. The molecule has 52 heavy (non-hydrogen) atoms. The Morgan fingerprint density at radius 1 is 0.788 bits per heavy atom. The van der Waals surface area contributed by atoms with Gasteiger partial charge in [0, 0.05) is 19.6 Å². The van der Waals surface area contributed by atoms with Gasteiger partial charge in [0.25, 0.3) is 0 Å². The summed E-state index contributed by atoms with van der Waals surface area (Å²) in [7, 11) is 0. The lowest BCUT2D eigenvalue weighted by Crippen LogP contribution is -2.57. The lowest BCUT2D eigenvalue weighted by molar-refractivity contribution is -0.274. The van der Waals surface area contributed by atoms with Crippen molar-refractivity contribution in [3.63, 3.8) is 0 Å². The minimum atomic E-state index is -1.48. The van der Waals surface area contributed by atoms with E-state index in [2.05, 4.69) is 0 Å². The largest absolute Gasteiger partial charge is 0.494 e. The van der Waals surface area contributed by atoms with Crippen LogP contribution in [0.15, 0.2) is 60.7 Å². The van der Waals surface area contributed by atoms with Crippen LogP contribution in [0.3, 0.4) is 0 Å². The van der Waals surface area contributed by atoms with E-state index in [0.29, 0.717) is 23.5 Å². The Kier molecular flexibility index (Phi) is 13.8. The van der Waals surface area contributed by atoms with Gasteiger partial charge < -0.3 is 59.4 Å². The molecular formula is C37H50N2O13. The number of hydrogen-bond donors (Lipinski definition) is 7. The summed E-state index contributed by atoms with van der Waals surface area (Å²) in [6, 6.07) is 18.0. The van der Waals surface area contributed by atoms with Crippen LogP contribution in [0.25, 0.3) is 10.8 Å². The van der Waals surface area contributed by atoms with Gasteiger partial charge in [0.05, 0.1) is 43.4 Å². The normalized spacial score (nSPS) is 26.1. The van der Waals surface area contributed by atoms with Crippen molar-refractivity contribution in [2.75, 3.05) is 44.4 Å². The van der Waals surface area contributed by atoms with E-state index in [9.17, 15) is 40.5 Å². The van der Waals surface area contributed by atoms with Crippen LogP contribution < -0.4 is 9.64 Å². The minimum absolute atomic E-state index is 0.0719. The maximum Gasteiger partial charge on any atom is 0.416 e. The molecule has 0 aliphatic carbocycles. The summed E-state index contributed by atoms with van der Waals surface area (Å²) in [5.41, 5.74) is 2.05. The summed E-state index contributed by atoms with van der Waals surface area (Å²) in [5.74, 6) is 0.575. The zero-order valence-corrected chi connectivity index (χ0v) is 29.5. The first kappa shape index (κ1) is 39.8. The second kappa shape index (κ2) is 18.1. The standard InChI is InChI=1S/C37H50N2O13/c1-21-5-9-26(10-6-21)39(37(46)47)27-11-7-25-16-28(12-8-24(25)15-27)48-14-4-13-38(17-29(40)33(44)35-31(42)19-49-22(2)51-35)18-30(41)34(45)36-32(43)20-50-23(3)52-36/h5-12,15-16,22-23,29-36,40-45H,4,13-14,17-20H2,1-3H3,(H,46,47)/t22?,23?,29-,30-,31+,32+,33+,34+,35+,36+/m0/s1. The summed E-state index contributed by atoms with van der Waals surface area (Å²) < 4.78 is 27.5. The maximum atomic E-state index is 12.2. The molecule has 2 fully saturated rings. The van der Waals surface area contributed by atoms with Crippen molar-refractivity contribution < 1.29 is 64.2 Å². The number of carboxylic acid groups (broad SMARTS) is 1. The van der Waals surface area contributed by atoms with Gasteiger partial charge in [-0.25, -0.2) is 9.69 Å². The average molecular weight is 731 g/mol. The summed E-state index contributed by atoms with van der Waals surface area (Å²) in [6.07, 6.45) is -12.4. The van der Waals surface area contributed by atoms with Crippen molar-refractivity contribution in [1.29, 1.82) is 0 Å². The number of ether oxygens (including phenoxy) is 5. The van der Waals surface area contributed by atoms with E-state index >= 15 is 0 Å². The van der Waals surface area contributed by atoms with Crippen LogP contribution in [-0.2, 0) is 18.9 Å². The average Bonchev–Trinajstić information content (AvgIpc) is 3.12. The number of fused-ring (bicyclic) bond motifs is 1. The highest BCUT2D eigenvalue weighted by Crippen LogP contribution is 2.31. The topological polar surface area (TPSA) is 211 Å². The second-order valence-corrected chi connectivity index (χ2v) is 13.4. The van der Waals surface area contributed by atoms with Crippen LogP contribution in [0, 0.1) is 6.92 Å². The van der Waals surface area contributed by atoms with E-state index in [1.807, 2.05) is 37.3 Å². The van der Waals surface area contributed by atoms with Crippen molar-refractivity contribution in [2.45, 2.75) is 88.6 Å². The first-order valence-electron chi connectivity index (χ1n) is 17.4. The van der Waals surface area contributed by atoms with Gasteiger partial charge >= 0.3 is 6.09 Å². The van der Waals surface area contributed by atoms with E-state index in [-0.39, 0.29) is 39.5 Å². The maximum absolute atomic E-state index is 12.2. The molecule has 2 unspecified atom stereocenters. The summed E-state index contributed by atoms with van der Waals surface area (Å²) >= 11 is 0. The van der Waals surface area contributed by atoms with Crippen molar-refractivity contribution >= 4 is 28.2 Å². The van der Waals surface area contributed by atoms with Gasteiger partial charge in [-0.3, -0.25) is 4.90 Å². The number of rotatable bonds is 15. The third-order valence-electron chi connectivity index (χ3n) is 9.24. The van der Waals surface area contributed by atoms with Crippen LogP contribution in [0.4, 0.5) is 16.2 Å². The van der Waals surface area contributed by atoms with E-state index < -0.39 is 67.5 Å². The molecule has 3 aromatic carbocycles. The van der Waals surface area contributed by atoms with Gasteiger partial charge in [0.2, 0.25) is 0 Å². The third kappa shape index (κ3) is 10.1. The molecule has 0 saturated carbocycles. The number of aliphatic hydroxyl groups excluding tert-OH is 6. The summed E-state index contributed by atoms with van der Waals surface area (Å²) in [4.78, 5) is 15.0. The first-order chi connectivity index (χ1) is 24.8. The third-order valence-corrected chi connectivity index (χ3v) is 9.24. The fourth-order valence-corrected chi connectivity index (χ4v) is 6.40. The van der Waals surface area contributed by atoms with Gasteiger partial charge in [-0.1, -0.05) is 29.8 Å². The summed E-state index contributed by atoms with van der Waals surface area (Å²) in [5, 5.41) is 76.0. The quantitative estimate of drug-likeness (QED) is 0.111. The van der Waals surface area contributed by atoms with E-state index in [0.717, 1.165) is 16.3 Å². The Balaban J connectivity index is 1.22. The fraction of sp³-hybridized carbons (Fsp3) is 0.541. The van der Waals surface area contributed by atoms with Crippen molar-refractivity contribution in [3.8, 4) is 5.75 Å². The Labute approximate surface area is 302 Å². The van der Waals surface area contributed by atoms with E-state index in [1.54, 1.807) is 49.1 Å². The molecule has 7 N–H and O–H groups in total. The van der Waals surface area contributed by atoms with Crippen molar-refractivity contribution in [2.24, 2.45) is 0 Å². The number of anilines is 2. The zero-order chi connectivity index (χ0) is 37.5. The molecule has 10 atom stereocenters. The van der Waals surface area contributed by atoms with E-state index in [4.69, 9.17) is 23.7 Å². The van der Waals surface area contributed by atoms with Gasteiger partial charge in [0.1, 0.15) is 42.4 Å². The molecule has 286 valence electrons. The zero-order valence-electron chi connectivity index (χ0n) is 29.5. The molecule has 2 aliphatic heterocycles. The molecule has 0 spiro atoms. The molecule has 0 aromatic heterocycles. The van der Waals surface area contributed by atoms with Gasteiger partial charge in [-0.05, 0) is 74.4 Å². The Morgan fingerprint density at radius 3 is 1.87 bits per heavy atom. The van der Waals surface area contributed by atoms with Gasteiger partial charge in [-0.2, -0.15) is 0 Å². The van der Waals surface area contributed by atoms with Crippen molar-refractivity contribution in [1.82, 2.24) is 4.90 Å². The summed E-state index contributed by atoms with van der Waals surface area (Å²) in [6.45, 7) is 5.19. The van der Waals surface area contributed by atoms with Crippen LogP contribution in [0.5, 0.6) is 5.75 Å². The SMILES string of the molecule is Cc1ccc(N(C(=O)O)c2ccc3cc(OCCCN(C[C@H](O)[C@@H](O)[C@@H]4OC(C)OC[C@H]4O)C[C@H](O)[C@@H](O)[C@@H]4OC(C)OC[C@H]4O)ccc3c2)cc1. The van der Waals surface area contributed by atoms with Gasteiger partial charge in [0.15, 0.2) is 12.6 Å². The Hall–Kier alpha value is -3.45. The molecule has 5 rings (SSSR count). The molecule has 2 saturated heterocycles. The first-order valence-corrected chi connectivity index (χ1v) is 17.4. The lowest BCUT2D eigenvalue weighted by atomic mass is 10.00. The van der Waals surface area contributed by atoms with Crippen LogP contribution in [-0.4, -0.2) is 148 Å². The molecule has 0 radical (unpaired) electrons. The highest BCUT2D eigenvalue weighted by molar-refractivity contribution is 5.98. The van der Waals surface area contributed by atoms with Crippen LogP contribution in [0.1, 0.15) is 25.8 Å². The molecule has 15 nitrogen and oxygen atoms in total. The molecule has 2 heterocycles. The Bertz CT molecular complexity index is 1560. The molecule has 15 heteroatoms. The van der Waals surface area contributed by atoms with Crippen molar-refractivity contribution in [3.05, 3.63) is 66.2 Å².